The van der Waals surface area contributed by atoms with Crippen molar-refractivity contribution in [2.75, 3.05) is 13.3 Å². The lowest BCUT2D eigenvalue weighted by molar-refractivity contribution is -0.0172. The van der Waals surface area contributed by atoms with Gasteiger partial charge in [0.2, 0.25) is 0 Å². The van der Waals surface area contributed by atoms with Crippen molar-refractivity contribution in [3.8, 4) is 5.75 Å². The Morgan fingerprint density at radius 3 is 3.00 bits per heavy atom. The van der Waals surface area contributed by atoms with Gasteiger partial charge in [0.1, 0.15) is 11.6 Å². The lowest BCUT2D eigenvalue weighted by Gasteiger charge is -2.21. The van der Waals surface area contributed by atoms with Crippen molar-refractivity contribution in [1.82, 2.24) is 5.32 Å². The maximum atomic E-state index is 13.7. The predicted octanol–water partition coefficient (Wildman–Crippen LogP) is 4.08. The molecule has 3 rings (SSSR count). The number of hydrogen-bond acceptors (Lipinski definition) is 3. The maximum absolute atomic E-state index is 13.7. The molecule has 126 valence electrons. The summed E-state index contributed by atoms with van der Waals surface area (Å²) in [5.74, 6) is 0.0431. The number of hydrogen-bond donors (Lipinski definition) is 1. The molecule has 7 heteroatoms. The predicted molar refractivity (Wildman–Crippen MR) is 91.9 cm³/mol. The van der Waals surface area contributed by atoms with Gasteiger partial charge in [0.15, 0.2) is 6.79 Å². The van der Waals surface area contributed by atoms with E-state index >= 15 is 0 Å². The molecule has 1 amide bonds. The van der Waals surface area contributed by atoms with Gasteiger partial charge in [0, 0.05) is 21.6 Å². The molecule has 1 aliphatic rings. The van der Waals surface area contributed by atoms with Gasteiger partial charge in [-0.05, 0) is 58.2 Å². The van der Waals surface area contributed by atoms with Gasteiger partial charge in [-0.2, -0.15) is 0 Å². The third kappa shape index (κ3) is 3.88. The number of carbonyl (C=O) groups is 1. The number of benzene rings is 2. The minimum Gasteiger partial charge on any atom is -0.467 e. The van der Waals surface area contributed by atoms with Crippen LogP contribution in [0.2, 0.25) is 5.02 Å². The molecule has 0 bridgehead atoms. The smallest absolute Gasteiger partial charge is 0.252 e. The SMILES string of the molecule is O=C(NCCc1cc(F)cc2c1OCOC2)c1cc(Cl)ccc1Br. The number of ether oxygens (including phenoxy) is 2. The van der Waals surface area contributed by atoms with Crippen molar-refractivity contribution in [1.29, 1.82) is 0 Å². The summed E-state index contributed by atoms with van der Waals surface area (Å²) in [6.45, 7) is 0.813. The molecule has 0 aliphatic carbocycles. The summed E-state index contributed by atoms with van der Waals surface area (Å²) < 4.78 is 25.0. The molecule has 1 aliphatic heterocycles. The largest absolute Gasteiger partial charge is 0.467 e. The molecule has 24 heavy (non-hydrogen) atoms. The summed E-state index contributed by atoms with van der Waals surface area (Å²) in [6.07, 6.45) is 0.448. The van der Waals surface area contributed by atoms with Crippen LogP contribution in [-0.4, -0.2) is 19.2 Å². The van der Waals surface area contributed by atoms with Crippen molar-refractivity contribution in [3.05, 3.63) is 62.3 Å². The standard InChI is InChI=1S/C17H14BrClFNO3/c18-15-2-1-12(19)7-14(15)17(22)21-4-3-10-5-13(20)6-11-8-23-9-24-16(10)11/h1-2,5-7H,3-4,8-9H2,(H,21,22). The summed E-state index contributed by atoms with van der Waals surface area (Å²) in [6, 6.07) is 7.83. The summed E-state index contributed by atoms with van der Waals surface area (Å²) in [5.41, 5.74) is 1.84. The molecular formula is C17H14BrClFNO3. The highest BCUT2D eigenvalue weighted by molar-refractivity contribution is 9.10. The van der Waals surface area contributed by atoms with Crippen LogP contribution >= 0.6 is 27.5 Å². The highest BCUT2D eigenvalue weighted by atomic mass is 79.9. The van der Waals surface area contributed by atoms with Gasteiger partial charge in [-0.15, -0.1) is 0 Å². The van der Waals surface area contributed by atoms with E-state index in [1.165, 1.54) is 12.1 Å². The van der Waals surface area contributed by atoms with Crippen LogP contribution in [-0.2, 0) is 17.8 Å². The van der Waals surface area contributed by atoms with E-state index in [0.717, 1.165) is 0 Å². The second-order valence-electron chi connectivity index (χ2n) is 5.29. The number of nitrogens with one attached hydrogen (secondary N) is 1. The van der Waals surface area contributed by atoms with Crippen LogP contribution in [0.15, 0.2) is 34.8 Å². The zero-order valence-corrected chi connectivity index (χ0v) is 14.9. The Hall–Kier alpha value is -1.63. The van der Waals surface area contributed by atoms with E-state index in [2.05, 4.69) is 21.2 Å². The first-order valence-electron chi connectivity index (χ1n) is 7.29. The van der Waals surface area contributed by atoms with Gasteiger partial charge < -0.3 is 14.8 Å². The molecule has 0 unspecified atom stereocenters. The van der Waals surface area contributed by atoms with Crippen molar-refractivity contribution in [2.24, 2.45) is 0 Å². The molecule has 2 aromatic carbocycles. The van der Waals surface area contributed by atoms with Crippen LogP contribution in [0, 0.1) is 5.82 Å². The Bertz CT molecular complexity index is 785. The summed E-state index contributed by atoms with van der Waals surface area (Å²) in [5, 5.41) is 3.29. The van der Waals surface area contributed by atoms with E-state index in [4.69, 9.17) is 21.1 Å². The van der Waals surface area contributed by atoms with E-state index in [0.29, 0.717) is 51.5 Å². The molecule has 1 heterocycles. The van der Waals surface area contributed by atoms with Crippen molar-refractivity contribution in [3.63, 3.8) is 0 Å². The number of fused-ring (bicyclic) bond motifs is 1. The second-order valence-corrected chi connectivity index (χ2v) is 6.58. The maximum Gasteiger partial charge on any atom is 0.252 e. The average Bonchev–Trinajstić information content (AvgIpc) is 2.56. The Morgan fingerprint density at radius 2 is 2.17 bits per heavy atom. The number of amides is 1. The van der Waals surface area contributed by atoms with E-state index in [-0.39, 0.29) is 18.5 Å². The van der Waals surface area contributed by atoms with Crippen LogP contribution in [0.1, 0.15) is 21.5 Å². The van der Waals surface area contributed by atoms with E-state index < -0.39 is 0 Å². The summed E-state index contributed by atoms with van der Waals surface area (Å²) in [7, 11) is 0. The fraction of sp³-hybridized carbons (Fsp3) is 0.235. The Balaban J connectivity index is 1.67. The molecule has 0 saturated heterocycles. The van der Waals surface area contributed by atoms with E-state index in [1.54, 1.807) is 18.2 Å². The van der Waals surface area contributed by atoms with Crippen molar-refractivity contribution >= 4 is 33.4 Å². The Labute approximate surface area is 152 Å². The monoisotopic (exact) mass is 413 g/mol. The summed E-state index contributed by atoms with van der Waals surface area (Å²) in [4.78, 5) is 12.2. The zero-order valence-electron chi connectivity index (χ0n) is 12.6. The first kappa shape index (κ1) is 17.2. The molecule has 2 aromatic rings. The zero-order chi connectivity index (χ0) is 17.1. The molecule has 1 N–H and O–H groups in total. The van der Waals surface area contributed by atoms with Gasteiger partial charge in [-0.25, -0.2) is 4.39 Å². The highest BCUT2D eigenvalue weighted by Gasteiger charge is 2.17. The third-order valence-corrected chi connectivity index (χ3v) is 4.53. The Kier molecular flexibility index (Phi) is 5.38. The van der Waals surface area contributed by atoms with Crippen molar-refractivity contribution < 1.29 is 18.7 Å². The normalized spacial score (nSPS) is 13.1. The fourth-order valence-electron chi connectivity index (χ4n) is 2.52. The molecule has 0 atom stereocenters. The van der Waals surface area contributed by atoms with Crippen LogP contribution in [0.5, 0.6) is 5.75 Å². The van der Waals surface area contributed by atoms with Crippen LogP contribution < -0.4 is 10.1 Å². The Morgan fingerprint density at radius 1 is 1.33 bits per heavy atom. The molecule has 4 nitrogen and oxygen atoms in total. The average molecular weight is 415 g/mol. The van der Waals surface area contributed by atoms with Gasteiger partial charge in [-0.3, -0.25) is 4.79 Å². The highest BCUT2D eigenvalue weighted by Crippen LogP contribution is 2.29. The van der Waals surface area contributed by atoms with Crippen LogP contribution in [0.25, 0.3) is 0 Å². The van der Waals surface area contributed by atoms with Crippen LogP contribution in [0.3, 0.4) is 0 Å². The number of rotatable bonds is 4. The number of halogens is 3. The molecule has 0 aromatic heterocycles. The van der Waals surface area contributed by atoms with Crippen LogP contribution in [0.4, 0.5) is 4.39 Å². The van der Waals surface area contributed by atoms with E-state index in [1.807, 2.05) is 0 Å². The van der Waals surface area contributed by atoms with Gasteiger partial charge in [0.25, 0.3) is 5.91 Å². The first-order chi connectivity index (χ1) is 11.5. The minimum atomic E-state index is -0.346. The fourth-order valence-corrected chi connectivity index (χ4v) is 3.12. The minimum absolute atomic E-state index is 0.146. The molecule has 0 spiro atoms. The third-order valence-electron chi connectivity index (χ3n) is 3.60. The molecule has 0 saturated carbocycles. The quantitative estimate of drug-likeness (QED) is 0.820. The second kappa shape index (κ2) is 7.51. The molecule has 0 radical (unpaired) electrons. The first-order valence-corrected chi connectivity index (χ1v) is 8.47. The molecular weight excluding hydrogens is 401 g/mol. The lowest BCUT2D eigenvalue weighted by Crippen LogP contribution is -2.26. The molecule has 0 fully saturated rings. The van der Waals surface area contributed by atoms with Crippen molar-refractivity contribution in [2.45, 2.75) is 13.0 Å². The lowest BCUT2D eigenvalue weighted by atomic mass is 10.1. The number of carbonyl (C=O) groups excluding carboxylic acids is 1. The van der Waals surface area contributed by atoms with Gasteiger partial charge in [-0.1, -0.05) is 11.6 Å². The summed E-state index contributed by atoms with van der Waals surface area (Å²) >= 11 is 9.24. The van der Waals surface area contributed by atoms with Gasteiger partial charge >= 0.3 is 0 Å². The van der Waals surface area contributed by atoms with Gasteiger partial charge in [0.05, 0.1) is 12.2 Å². The van der Waals surface area contributed by atoms with E-state index in [9.17, 15) is 9.18 Å². The topological polar surface area (TPSA) is 47.6 Å².